The van der Waals surface area contributed by atoms with Gasteiger partial charge >= 0.3 is 0 Å². The van der Waals surface area contributed by atoms with Gasteiger partial charge in [-0.3, -0.25) is 9.89 Å². The van der Waals surface area contributed by atoms with Crippen molar-refractivity contribution >= 4 is 5.96 Å². The molecule has 1 atom stereocenters. The lowest BCUT2D eigenvalue weighted by atomic mass is 10.0. The van der Waals surface area contributed by atoms with Crippen molar-refractivity contribution in [2.45, 2.75) is 12.6 Å². The van der Waals surface area contributed by atoms with Gasteiger partial charge < -0.3 is 24.8 Å². The van der Waals surface area contributed by atoms with Crippen LogP contribution in [-0.4, -0.2) is 65.0 Å². The van der Waals surface area contributed by atoms with E-state index < -0.39 is 0 Å². The molecule has 0 aromatic heterocycles. The molecule has 162 valence electrons. The van der Waals surface area contributed by atoms with E-state index >= 15 is 0 Å². The molecule has 1 aliphatic rings. The zero-order valence-electron chi connectivity index (χ0n) is 18.1. The lowest BCUT2D eigenvalue weighted by Gasteiger charge is -2.35. The van der Waals surface area contributed by atoms with Crippen LogP contribution in [0.2, 0.25) is 0 Å². The summed E-state index contributed by atoms with van der Waals surface area (Å²) in [5.74, 6) is 2.24. The summed E-state index contributed by atoms with van der Waals surface area (Å²) in [6, 6.07) is 16.6. The molecule has 2 N–H and O–H groups in total. The Morgan fingerprint density at radius 1 is 1.03 bits per heavy atom. The van der Waals surface area contributed by atoms with E-state index in [1.54, 1.807) is 21.3 Å². The molecular weight excluding hydrogens is 380 g/mol. The Morgan fingerprint density at radius 2 is 1.77 bits per heavy atom. The fraction of sp³-hybridized carbons (Fsp3) is 0.435. The number of ether oxygens (including phenoxy) is 3. The van der Waals surface area contributed by atoms with Crippen LogP contribution in [0.3, 0.4) is 0 Å². The first-order valence-electron chi connectivity index (χ1n) is 10.3. The molecule has 0 spiro atoms. The lowest BCUT2D eigenvalue weighted by Crippen LogP contribution is -2.46. The Bertz CT molecular complexity index is 807. The van der Waals surface area contributed by atoms with E-state index in [4.69, 9.17) is 14.2 Å². The predicted molar refractivity (Wildman–Crippen MR) is 119 cm³/mol. The van der Waals surface area contributed by atoms with Crippen LogP contribution in [0.1, 0.15) is 17.2 Å². The number of rotatable bonds is 8. The minimum Gasteiger partial charge on any atom is -0.493 e. The summed E-state index contributed by atoms with van der Waals surface area (Å²) in [6.07, 6.45) is 0. The monoisotopic (exact) mass is 412 g/mol. The van der Waals surface area contributed by atoms with E-state index in [0.717, 1.165) is 50.3 Å². The summed E-state index contributed by atoms with van der Waals surface area (Å²) >= 11 is 0. The predicted octanol–water partition coefficient (Wildman–Crippen LogP) is 2.44. The fourth-order valence-corrected chi connectivity index (χ4v) is 3.60. The van der Waals surface area contributed by atoms with Crippen molar-refractivity contribution in [1.29, 1.82) is 0 Å². The summed E-state index contributed by atoms with van der Waals surface area (Å²) < 4.78 is 16.5. The Hall–Kier alpha value is -2.77. The maximum absolute atomic E-state index is 5.56. The number of benzene rings is 2. The van der Waals surface area contributed by atoms with E-state index in [-0.39, 0.29) is 6.04 Å². The Balaban J connectivity index is 1.70. The molecule has 7 heteroatoms. The van der Waals surface area contributed by atoms with Crippen LogP contribution >= 0.6 is 0 Å². The van der Waals surface area contributed by atoms with Gasteiger partial charge in [-0.1, -0.05) is 36.4 Å². The first-order valence-corrected chi connectivity index (χ1v) is 10.3. The molecule has 1 saturated heterocycles. The second-order valence-electron chi connectivity index (χ2n) is 7.07. The Labute approximate surface area is 179 Å². The summed E-state index contributed by atoms with van der Waals surface area (Å²) in [5.41, 5.74) is 2.38. The maximum atomic E-state index is 5.56. The van der Waals surface area contributed by atoms with Crippen molar-refractivity contribution in [2.75, 3.05) is 54.1 Å². The van der Waals surface area contributed by atoms with Crippen molar-refractivity contribution in [2.24, 2.45) is 4.99 Å². The summed E-state index contributed by atoms with van der Waals surface area (Å²) in [7, 11) is 5.11. The maximum Gasteiger partial charge on any atom is 0.191 e. The number of aliphatic imine (C=N–C) groups is 1. The van der Waals surface area contributed by atoms with Gasteiger partial charge in [-0.15, -0.1) is 0 Å². The highest BCUT2D eigenvalue weighted by molar-refractivity contribution is 5.79. The topological polar surface area (TPSA) is 67.4 Å². The molecule has 1 aliphatic heterocycles. The van der Waals surface area contributed by atoms with Crippen LogP contribution in [0.15, 0.2) is 53.5 Å². The highest BCUT2D eigenvalue weighted by Crippen LogP contribution is 2.32. The van der Waals surface area contributed by atoms with Crippen LogP contribution < -0.4 is 20.1 Å². The lowest BCUT2D eigenvalue weighted by molar-refractivity contribution is 0.0169. The smallest absolute Gasteiger partial charge is 0.191 e. The van der Waals surface area contributed by atoms with Gasteiger partial charge in [-0.05, 0) is 23.3 Å². The molecule has 1 fully saturated rings. The minimum absolute atomic E-state index is 0.156. The van der Waals surface area contributed by atoms with Crippen molar-refractivity contribution < 1.29 is 14.2 Å². The summed E-state index contributed by atoms with van der Waals surface area (Å²) in [5, 5.41) is 6.87. The highest BCUT2D eigenvalue weighted by atomic mass is 16.5. The van der Waals surface area contributed by atoms with E-state index in [1.165, 1.54) is 11.1 Å². The quantitative estimate of drug-likeness (QED) is 0.513. The van der Waals surface area contributed by atoms with Crippen LogP contribution in [0, 0.1) is 0 Å². The van der Waals surface area contributed by atoms with Gasteiger partial charge in [0.1, 0.15) is 0 Å². The van der Waals surface area contributed by atoms with E-state index in [2.05, 4.69) is 44.8 Å². The first kappa shape index (κ1) is 21.9. The molecule has 0 amide bonds. The van der Waals surface area contributed by atoms with E-state index in [1.807, 2.05) is 24.3 Å². The number of hydrogen-bond donors (Lipinski definition) is 2. The van der Waals surface area contributed by atoms with Crippen LogP contribution in [0.4, 0.5) is 0 Å². The number of methoxy groups -OCH3 is 2. The molecule has 1 unspecified atom stereocenters. The number of guanidine groups is 1. The van der Waals surface area contributed by atoms with E-state index in [0.29, 0.717) is 6.54 Å². The third-order valence-electron chi connectivity index (χ3n) is 5.27. The number of nitrogens with one attached hydrogen (secondary N) is 2. The first-order chi connectivity index (χ1) is 14.7. The average molecular weight is 413 g/mol. The van der Waals surface area contributed by atoms with Gasteiger partial charge in [0.05, 0.1) is 33.5 Å². The van der Waals surface area contributed by atoms with Crippen molar-refractivity contribution in [3.05, 3.63) is 59.7 Å². The van der Waals surface area contributed by atoms with Crippen LogP contribution in [0.25, 0.3) is 0 Å². The average Bonchev–Trinajstić information content (AvgIpc) is 2.82. The van der Waals surface area contributed by atoms with Gasteiger partial charge in [0.25, 0.3) is 0 Å². The third-order valence-corrected chi connectivity index (χ3v) is 5.27. The van der Waals surface area contributed by atoms with Crippen LogP contribution in [-0.2, 0) is 11.3 Å². The van der Waals surface area contributed by atoms with Gasteiger partial charge in [-0.25, -0.2) is 0 Å². The van der Waals surface area contributed by atoms with Crippen molar-refractivity contribution in [3.8, 4) is 11.5 Å². The second-order valence-corrected chi connectivity index (χ2v) is 7.07. The molecule has 2 aromatic rings. The fourth-order valence-electron chi connectivity index (χ4n) is 3.60. The summed E-state index contributed by atoms with van der Waals surface area (Å²) in [6.45, 7) is 4.69. The normalized spacial score (nSPS) is 16.0. The molecule has 1 heterocycles. The Morgan fingerprint density at radius 3 is 2.43 bits per heavy atom. The largest absolute Gasteiger partial charge is 0.493 e. The number of nitrogens with zero attached hydrogens (tertiary/aromatic N) is 2. The van der Waals surface area contributed by atoms with Gasteiger partial charge in [-0.2, -0.15) is 0 Å². The zero-order chi connectivity index (χ0) is 21.2. The molecular formula is C23H32N4O3. The molecule has 7 nitrogen and oxygen atoms in total. The zero-order valence-corrected chi connectivity index (χ0v) is 18.1. The minimum atomic E-state index is 0.156. The number of morpholine rings is 1. The molecule has 3 rings (SSSR count). The SMILES string of the molecule is CN=C(NCc1ccccc1)NCC(c1ccc(OC)c(OC)c1)N1CCOCC1. The second kappa shape index (κ2) is 11.4. The van der Waals surface area contributed by atoms with Gasteiger partial charge in [0.15, 0.2) is 17.5 Å². The highest BCUT2D eigenvalue weighted by Gasteiger charge is 2.24. The van der Waals surface area contributed by atoms with Crippen molar-refractivity contribution in [1.82, 2.24) is 15.5 Å². The van der Waals surface area contributed by atoms with Gasteiger partial charge in [0, 0.05) is 33.2 Å². The molecule has 2 aromatic carbocycles. The number of hydrogen-bond acceptors (Lipinski definition) is 5. The van der Waals surface area contributed by atoms with Gasteiger partial charge in [0.2, 0.25) is 0 Å². The van der Waals surface area contributed by atoms with Crippen LogP contribution in [0.5, 0.6) is 11.5 Å². The molecule has 30 heavy (non-hydrogen) atoms. The summed E-state index contributed by atoms with van der Waals surface area (Å²) in [4.78, 5) is 6.81. The molecule has 0 aliphatic carbocycles. The third kappa shape index (κ3) is 5.87. The van der Waals surface area contributed by atoms with Crippen molar-refractivity contribution in [3.63, 3.8) is 0 Å². The standard InChI is InChI=1S/C23H32N4O3/c1-24-23(25-16-18-7-5-4-6-8-18)26-17-20(27-11-13-30-14-12-27)19-9-10-21(28-2)22(15-19)29-3/h4-10,15,20H,11-14,16-17H2,1-3H3,(H2,24,25,26). The molecule has 0 radical (unpaired) electrons. The Kier molecular flexibility index (Phi) is 8.35. The molecule has 0 bridgehead atoms. The molecule has 0 saturated carbocycles. The van der Waals surface area contributed by atoms with E-state index in [9.17, 15) is 0 Å².